The fraction of sp³-hybridized carbons (Fsp3) is 0.875. The van der Waals surface area contributed by atoms with Crippen molar-refractivity contribution in [1.82, 2.24) is 0 Å². The molecule has 1 N–H and O–H groups in total. The minimum atomic E-state index is -3.15. The minimum absolute atomic E-state index is 0.104. The molecule has 6 heteroatoms. The fourth-order valence-corrected chi connectivity index (χ4v) is 2.96. The summed E-state index contributed by atoms with van der Waals surface area (Å²) in [7, 11) is -3.15. The van der Waals surface area contributed by atoms with Gasteiger partial charge >= 0.3 is 5.97 Å². The fourth-order valence-electron chi connectivity index (χ4n) is 0.870. The standard InChI is InChI=1S/C8H16O4S2/c1-2-13-5-3-6-14(11,12)7-4-8(9)10/h2-7H2,1H3,(H,9,10). The summed E-state index contributed by atoms with van der Waals surface area (Å²) in [4.78, 5) is 10.2. The maximum atomic E-state index is 11.2. The number of carboxylic acids is 1. The van der Waals surface area contributed by atoms with Crippen LogP contribution in [0.25, 0.3) is 0 Å². The highest BCUT2D eigenvalue weighted by molar-refractivity contribution is 7.99. The molecule has 0 aliphatic heterocycles. The van der Waals surface area contributed by atoms with E-state index in [0.29, 0.717) is 6.42 Å². The van der Waals surface area contributed by atoms with Crippen LogP contribution in [-0.4, -0.2) is 42.5 Å². The Bertz CT molecular complexity index is 259. The summed E-state index contributed by atoms with van der Waals surface area (Å²) in [5.74, 6) is 0.612. The van der Waals surface area contributed by atoms with Gasteiger partial charge in [-0.1, -0.05) is 6.92 Å². The van der Waals surface area contributed by atoms with Crippen LogP contribution in [0.15, 0.2) is 0 Å². The van der Waals surface area contributed by atoms with Crippen molar-refractivity contribution in [2.45, 2.75) is 19.8 Å². The Morgan fingerprint density at radius 1 is 1.36 bits per heavy atom. The number of aliphatic carboxylic acids is 1. The number of hydrogen-bond acceptors (Lipinski definition) is 4. The van der Waals surface area contributed by atoms with Crippen molar-refractivity contribution in [3.8, 4) is 0 Å². The van der Waals surface area contributed by atoms with Crippen LogP contribution in [0, 0.1) is 0 Å². The van der Waals surface area contributed by atoms with Gasteiger partial charge in [-0.2, -0.15) is 11.8 Å². The third kappa shape index (κ3) is 8.37. The molecule has 0 aromatic heterocycles. The van der Waals surface area contributed by atoms with Gasteiger partial charge in [-0.05, 0) is 17.9 Å². The lowest BCUT2D eigenvalue weighted by atomic mass is 10.5. The van der Waals surface area contributed by atoms with Crippen molar-refractivity contribution in [2.75, 3.05) is 23.0 Å². The molecule has 0 aromatic carbocycles. The molecule has 0 aliphatic carbocycles. The first-order valence-corrected chi connectivity index (χ1v) is 7.45. The largest absolute Gasteiger partial charge is 0.481 e. The third-order valence-corrected chi connectivity index (χ3v) is 4.30. The highest BCUT2D eigenvalue weighted by Crippen LogP contribution is 2.04. The number of sulfone groups is 1. The number of rotatable bonds is 8. The van der Waals surface area contributed by atoms with Crippen molar-refractivity contribution >= 4 is 27.6 Å². The van der Waals surface area contributed by atoms with Gasteiger partial charge in [-0.25, -0.2) is 8.42 Å². The van der Waals surface area contributed by atoms with Gasteiger partial charge in [0.05, 0.1) is 17.9 Å². The van der Waals surface area contributed by atoms with Gasteiger partial charge < -0.3 is 5.11 Å². The molecule has 0 aromatic rings. The predicted molar refractivity (Wildman–Crippen MR) is 58.5 cm³/mol. The van der Waals surface area contributed by atoms with E-state index in [1.165, 1.54) is 0 Å². The van der Waals surface area contributed by atoms with Gasteiger partial charge in [0, 0.05) is 0 Å². The van der Waals surface area contributed by atoms with Gasteiger partial charge in [0.25, 0.3) is 0 Å². The lowest BCUT2D eigenvalue weighted by Crippen LogP contribution is -2.14. The zero-order chi connectivity index (χ0) is 11.0. The van der Waals surface area contributed by atoms with E-state index in [2.05, 4.69) is 0 Å². The van der Waals surface area contributed by atoms with E-state index in [4.69, 9.17) is 5.11 Å². The van der Waals surface area contributed by atoms with Crippen molar-refractivity contribution in [2.24, 2.45) is 0 Å². The molecule has 4 nitrogen and oxygen atoms in total. The van der Waals surface area contributed by atoms with Crippen molar-refractivity contribution in [1.29, 1.82) is 0 Å². The number of carboxylic acid groups (broad SMARTS) is 1. The lowest BCUT2D eigenvalue weighted by molar-refractivity contribution is -0.136. The van der Waals surface area contributed by atoms with E-state index >= 15 is 0 Å². The molecule has 0 atom stereocenters. The van der Waals surface area contributed by atoms with Crippen LogP contribution in [0.4, 0.5) is 0 Å². The second-order valence-electron chi connectivity index (χ2n) is 2.85. The highest BCUT2D eigenvalue weighted by Gasteiger charge is 2.12. The smallest absolute Gasteiger partial charge is 0.304 e. The van der Waals surface area contributed by atoms with Crippen molar-refractivity contribution in [3.05, 3.63) is 0 Å². The van der Waals surface area contributed by atoms with Crippen LogP contribution in [0.3, 0.4) is 0 Å². The van der Waals surface area contributed by atoms with Crippen LogP contribution >= 0.6 is 11.8 Å². The summed E-state index contributed by atoms with van der Waals surface area (Å²) in [6.07, 6.45) is 0.323. The Kier molecular flexibility index (Phi) is 7.00. The number of hydrogen-bond donors (Lipinski definition) is 1. The molecule has 0 fully saturated rings. The molecule has 0 aliphatic rings. The number of carbonyl (C=O) groups is 1. The SMILES string of the molecule is CCSCCCS(=O)(=O)CCC(=O)O. The zero-order valence-corrected chi connectivity index (χ0v) is 9.86. The van der Waals surface area contributed by atoms with Crippen LogP contribution < -0.4 is 0 Å². The Labute approximate surface area is 89.0 Å². The summed E-state index contributed by atoms with van der Waals surface area (Å²) in [6, 6.07) is 0. The van der Waals surface area contributed by atoms with E-state index in [0.717, 1.165) is 11.5 Å². The molecule has 0 unspecified atom stereocenters. The molecule has 0 radical (unpaired) electrons. The summed E-state index contributed by atoms with van der Waals surface area (Å²) in [5, 5.41) is 8.32. The van der Waals surface area contributed by atoms with Gasteiger partial charge in [0.15, 0.2) is 9.84 Å². The van der Waals surface area contributed by atoms with E-state index in [1.54, 1.807) is 11.8 Å². The first-order chi connectivity index (χ1) is 6.48. The molecule has 84 valence electrons. The second kappa shape index (κ2) is 7.11. The summed E-state index contributed by atoms with van der Waals surface area (Å²) in [5.41, 5.74) is 0. The number of thioether (sulfide) groups is 1. The Hall–Kier alpha value is -0.230. The topological polar surface area (TPSA) is 71.4 Å². The summed E-state index contributed by atoms with van der Waals surface area (Å²) < 4.78 is 22.5. The predicted octanol–water partition coefficient (Wildman–Crippen LogP) is 1.02. The molecular weight excluding hydrogens is 224 g/mol. The lowest BCUT2D eigenvalue weighted by Gasteiger charge is -2.01. The monoisotopic (exact) mass is 240 g/mol. The summed E-state index contributed by atoms with van der Waals surface area (Å²) in [6.45, 7) is 2.02. The molecule has 0 bridgehead atoms. The average molecular weight is 240 g/mol. The van der Waals surface area contributed by atoms with E-state index in [9.17, 15) is 13.2 Å². The van der Waals surface area contributed by atoms with E-state index in [-0.39, 0.29) is 17.9 Å². The zero-order valence-electron chi connectivity index (χ0n) is 8.23. The third-order valence-electron chi connectivity index (χ3n) is 1.58. The van der Waals surface area contributed by atoms with Gasteiger partial charge in [-0.3, -0.25) is 4.79 Å². The van der Waals surface area contributed by atoms with Gasteiger partial charge in [0.2, 0.25) is 0 Å². The normalized spacial score (nSPS) is 11.5. The van der Waals surface area contributed by atoms with E-state index in [1.807, 2.05) is 6.92 Å². The first kappa shape index (κ1) is 13.8. The van der Waals surface area contributed by atoms with Crippen LogP contribution in [0.2, 0.25) is 0 Å². The Balaban J connectivity index is 3.67. The summed E-state index contributed by atoms with van der Waals surface area (Å²) >= 11 is 1.69. The quantitative estimate of drug-likeness (QED) is 0.641. The van der Waals surface area contributed by atoms with Crippen molar-refractivity contribution in [3.63, 3.8) is 0 Å². The molecular formula is C8H16O4S2. The van der Waals surface area contributed by atoms with Crippen molar-refractivity contribution < 1.29 is 18.3 Å². The average Bonchev–Trinajstić information content (AvgIpc) is 2.10. The van der Waals surface area contributed by atoms with E-state index < -0.39 is 15.8 Å². The molecule has 0 spiro atoms. The first-order valence-electron chi connectivity index (χ1n) is 4.48. The molecule has 0 heterocycles. The maximum Gasteiger partial charge on any atom is 0.304 e. The molecule has 0 amide bonds. The molecule has 0 saturated heterocycles. The minimum Gasteiger partial charge on any atom is -0.481 e. The van der Waals surface area contributed by atoms with Crippen LogP contribution in [0.1, 0.15) is 19.8 Å². The Morgan fingerprint density at radius 2 is 2.00 bits per heavy atom. The highest BCUT2D eigenvalue weighted by atomic mass is 32.2. The second-order valence-corrected chi connectivity index (χ2v) is 6.54. The van der Waals surface area contributed by atoms with Crippen LogP contribution in [0.5, 0.6) is 0 Å². The molecule has 14 heavy (non-hydrogen) atoms. The molecule has 0 rings (SSSR count). The van der Waals surface area contributed by atoms with Gasteiger partial charge in [0.1, 0.15) is 0 Å². The maximum absolute atomic E-state index is 11.2. The molecule has 0 saturated carbocycles. The Morgan fingerprint density at radius 3 is 2.50 bits per heavy atom. The van der Waals surface area contributed by atoms with Gasteiger partial charge in [-0.15, -0.1) is 0 Å². The van der Waals surface area contributed by atoms with Crippen LogP contribution in [-0.2, 0) is 14.6 Å².